The lowest BCUT2D eigenvalue weighted by atomic mass is 9.85. The third-order valence-electron chi connectivity index (χ3n) is 9.08. The average Bonchev–Trinajstić information content (AvgIpc) is 3.12. The van der Waals surface area contributed by atoms with Crippen molar-refractivity contribution in [1.82, 2.24) is 14.9 Å². The van der Waals surface area contributed by atoms with Crippen molar-refractivity contribution in [2.45, 2.75) is 61.5 Å². The lowest BCUT2D eigenvalue weighted by Gasteiger charge is -2.40. The maximum absolute atomic E-state index is 15.5. The highest BCUT2D eigenvalue weighted by Gasteiger charge is 2.38. The molecular formula is C38H41ClF2N4O5S. The van der Waals surface area contributed by atoms with Crippen LogP contribution in [0.1, 0.15) is 42.4 Å². The Bertz CT molecular complexity index is 1900. The number of alkyl carbamates (subject to hydrolysis) is 1. The van der Waals surface area contributed by atoms with Crippen LogP contribution in [0.5, 0.6) is 0 Å². The van der Waals surface area contributed by atoms with Crippen LogP contribution in [0.2, 0.25) is 5.02 Å². The van der Waals surface area contributed by atoms with Gasteiger partial charge >= 0.3 is 6.09 Å². The zero-order valence-corrected chi connectivity index (χ0v) is 29.9. The first-order chi connectivity index (χ1) is 24.5. The number of hydrogen-bond acceptors (Lipinski definition) is 6. The summed E-state index contributed by atoms with van der Waals surface area (Å²) in [5.74, 6) is -2.24. The van der Waals surface area contributed by atoms with E-state index in [0.717, 1.165) is 0 Å². The van der Waals surface area contributed by atoms with Crippen LogP contribution in [0, 0.1) is 11.6 Å². The number of rotatable bonds is 13. The smallest absolute Gasteiger partial charge is 0.407 e. The summed E-state index contributed by atoms with van der Waals surface area (Å²) < 4.78 is 62.9. The molecule has 0 spiro atoms. The highest BCUT2D eigenvalue weighted by atomic mass is 35.5. The van der Waals surface area contributed by atoms with Gasteiger partial charge in [-0.3, -0.25) is 4.79 Å². The second kappa shape index (κ2) is 17.2. The molecule has 4 aromatic rings. The van der Waals surface area contributed by atoms with Gasteiger partial charge < -0.3 is 20.7 Å². The molecule has 0 radical (unpaired) electrons. The fraction of sp³-hybridized carbons (Fsp3) is 0.316. The SMILES string of the molecule is COC(=O)NC(C(=O)Nc1cccc(F)c1CCCC1CNCC(C)N1S(=O)(=O)c1ccccc1)C(Cc1ccc(F)cc1)c1ccc(Cl)cc1. The highest BCUT2D eigenvalue weighted by Crippen LogP contribution is 2.30. The van der Waals surface area contributed by atoms with Crippen molar-refractivity contribution < 1.29 is 31.5 Å². The van der Waals surface area contributed by atoms with Gasteiger partial charge in [0.05, 0.1) is 12.0 Å². The molecule has 4 aromatic carbocycles. The quantitative estimate of drug-likeness (QED) is 0.141. The molecule has 9 nitrogen and oxygen atoms in total. The average molecular weight is 739 g/mol. The van der Waals surface area contributed by atoms with Crippen LogP contribution in [-0.2, 0) is 32.4 Å². The number of anilines is 1. The van der Waals surface area contributed by atoms with Gasteiger partial charge in [-0.15, -0.1) is 0 Å². The minimum Gasteiger partial charge on any atom is -0.453 e. The molecule has 4 atom stereocenters. The van der Waals surface area contributed by atoms with Gasteiger partial charge in [-0.1, -0.05) is 60.1 Å². The van der Waals surface area contributed by atoms with Crippen molar-refractivity contribution in [2.75, 3.05) is 25.5 Å². The van der Waals surface area contributed by atoms with E-state index in [2.05, 4.69) is 16.0 Å². The Morgan fingerprint density at radius 2 is 1.67 bits per heavy atom. The summed E-state index contributed by atoms with van der Waals surface area (Å²) in [7, 11) is -2.59. The molecular weight excluding hydrogens is 698 g/mol. The number of nitrogens with zero attached hydrogens (tertiary/aromatic N) is 1. The van der Waals surface area contributed by atoms with Gasteiger partial charge in [-0.2, -0.15) is 4.31 Å². The van der Waals surface area contributed by atoms with E-state index in [0.29, 0.717) is 42.1 Å². The number of carbonyl (C=O) groups excluding carboxylic acids is 2. The predicted molar refractivity (Wildman–Crippen MR) is 193 cm³/mol. The van der Waals surface area contributed by atoms with Crippen molar-refractivity contribution in [2.24, 2.45) is 0 Å². The van der Waals surface area contributed by atoms with Crippen LogP contribution in [0.15, 0.2) is 102 Å². The molecule has 0 saturated carbocycles. The Balaban J connectivity index is 1.38. The Kier molecular flexibility index (Phi) is 12.8. The molecule has 1 saturated heterocycles. The van der Waals surface area contributed by atoms with E-state index in [1.807, 2.05) is 6.92 Å². The van der Waals surface area contributed by atoms with Crippen LogP contribution in [0.25, 0.3) is 0 Å². The molecule has 5 rings (SSSR count). The number of piperazine rings is 1. The van der Waals surface area contributed by atoms with Crippen LogP contribution >= 0.6 is 11.6 Å². The zero-order valence-electron chi connectivity index (χ0n) is 28.3. The van der Waals surface area contributed by atoms with E-state index in [1.165, 1.54) is 31.4 Å². The van der Waals surface area contributed by atoms with Crippen molar-refractivity contribution >= 4 is 39.3 Å². The maximum Gasteiger partial charge on any atom is 0.407 e. The van der Waals surface area contributed by atoms with Gasteiger partial charge in [0, 0.05) is 47.4 Å². The maximum atomic E-state index is 15.5. The van der Waals surface area contributed by atoms with Crippen molar-refractivity contribution in [3.63, 3.8) is 0 Å². The summed E-state index contributed by atoms with van der Waals surface area (Å²) in [5, 5.41) is 9.26. The van der Waals surface area contributed by atoms with E-state index in [1.54, 1.807) is 77.1 Å². The van der Waals surface area contributed by atoms with E-state index in [-0.39, 0.29) is 41.1 Å². The number of ether oxygens (including phenoxy) is 1. The van der Waals surface area contributed by atoms with E-state index < -0.39 is 45.6 Å². The van der Waals surface area contributed by atoms with Gasteiger partial charge in [0.1, 0.15) is 17.7 Å². The number of hydrogen-bond donors (Lipinski definition) is 3. The molecule has 1 heterocycles. The van der Waals surface area contributed by atoms with Crippen LogP contribution in [0.3, 0.4) is 0 Å². The third-order valence-corrected chi connectivity index (χ3v) is 11.4. The molecule has 51 heavy (non-hydrogen) atoms. The minimum atomic E-state index is -3.78. The molecule has 3 N–H and O–H groups in total. The second-order valence-electron chi connectivity index (χ2n) is 12.6. The monoisotopic (exact) mass is 738 g/mol. The molecule has 1 aliphatic heterocycles. The third kappa shape index (κ3) is 9.50. The molecule has 0 aromatic heterocycles. The summed E-state index contributed by atoms with van der Waals surface area (Å²) in [6.45, 7) is 2.81. The van der Waals surface area contributed by atoms with Crippen molar-refractivity contribution in [3.8, 4) is 0 Å². The number of sulfonamides is 1. The summed E-state index contributed by atoms with van der Waals surface area (Å²) in [6.07, 6.45) is 0.450. The molecule has 270 valence electrons. The van der Waals surface area contributed by atoms with E-state index >= 15 is 4.39 Å². The summed E-state index contributed by atoms with van der Waals surface area (Å²) in [5.41, 5.74) is 1.85. The highest BCUT2D eigenvalue weighted by molar-refractivity contribution is 7.89. The molecule has 0 aliphatic carbocycles. The molecule has 4 unspecified atom stereocenters. The first-order valence-electron chi connectivity index (χ1n) is 16.7. The summed E-state index contributed by atoms with van der Waals surface area (Å²) >= 11 is 6.16. The number of halogens is 3. The number of methoxy groups -OCH3 is 1. The standard InChI is InChI=1S/C38H41ClF2N4O5S/c1-25-23-42-24-30(45(25)51(48,49)31-9-4-3-5-10-31)8-6-11-32-34(41)12-7-13-35(32)43-37(46)36(44-38(47)50-2)33(27-16-18-28(39)19-17-27)22-26-14-20-29(40)21-15-26/h3-5,7,9-10,12-21,25,30,33,36,42H,6,8,11,22-24H2,1-2H3,(H,43,46)(H,44,47). The molecule has 0 bridgehead atoms. The molecule has 1 aliphatic rings. The molecule has 1 fully saturated rings. The van der Waals surface area contributed by atoms with Gasteiger partial charge in [0.25, 0.3) is 0 Å². The first-order valence-corrected chi connectivity index (χ1v) is 18.5. The zero-order chi connectivity index (χ0) is 36.5. The topological polar surface area (TPSA) is 117 Å². The lowest BCUT2D eigenvalue weighted by Crippen LogP contribution is -2.58. The van der Waals surface area contributed by atoms with E-state index in [9.17, 15) is 22.4 Å². The second-order valence-corrected chi connectivity index (χ2v) is 14.8. The summed E-state index contributed by atoms with van der Waals surface area (Å²) in [4.78, 5) is 26.9. The number of benzene rings is 4. The Morgan fingerprint density at radius 3 is 2.35 bits per heavy atom. The number of nitrogens with one attached hydrogen (secondary N) is 3. The lowest BCUT2D eigenvalue weighted by molar-refractivity contribution is -0.118. The normalized spacial score (nSPS) is 17.7. The minimum absolute atomic E-state index is 0.206. The number of carbonyl (C=O) groups is 2. The largest absolute Gasteiger partial charge is 0.453 e. The fourth-order valence-corrected chi connectivity index (χ4v) is 8.57. The predicted octanol–water partition coefficient (Wildman–Crippen LogP) is 6.68. The van der Waals surface area contributed by atoms with Crippen LogP contribution in [-0.4, -0.2) is 63.0 Å². The van der Waals surface area contributed by atoms with E-state index in [4.69, 9.17) is 16.3 Å². The Morgan fingerprint density at radius 1 is 0.961 bits per heavy atom. The van der Waals surface area contributed by atoms with Gasteiger partial charge in [-0.25, -0.2) is 22.0 Å². The summed E-state index contributed by atoms with van der Waals surface area (Å²) in [6, 6.07) is 23.5. The van der Waals surface area contributed by atoms with Crippen molar-refractivity contribution in [1.29, 1.82) is 0 Å². The Labute approximate surface area is 302 Å². The molecule has 2 amide bonds. The number of amides is 2. The van der Waals surface area contributed by atoms with Crippen LogP contribution in [0.4, 0.5) is 19.3 Å². The van der Waals surface area contributed by atoms with Gasteiger partial charge in [-0.05, 0) is 92.3 Å². The van der Waals surface area contributed by atoms with Gasteiger partial charge in [0.15, 0.2) is 0 Å². The Hall–Kier alpha value is -4.36. The van der Waals surface area contributed by atoms with Crippen LogP contribution < -0.4 is 16.0 Å². The first kappa shape index (κ1) is 37.9. The fourth-order valence-electron chi connectivity index (χ4n) is 6.58. The molecule has 13 heteroatoms. The van der Waals surface area contributed by atoms with Gasteiger partial charge in [0.2, 0.25) is 15.9 Å². The van der Waals surface area contributed by atoms with Crippen molar-refractivity contribution in [3.05, 3.63) is 130 Å².